The predicted octanol–water partition coefficient (Wildman–Crippen LogP) is 2.04. The van der Waals surface area contributed by atoms with Crippen LogP contribution in [0.15, 0.2) is 24.3 Å². The molecule has 1 aromatic carbocycles. The molecule has 0 spiro atoms. The predicted molar refractivity (Wildman–Crippen MR) is 80.2 cm³/mol. The van der Waals surface area contributed by atoms with E-state index in [1.165, 1.54) is 0 Å². The molecule has 0 fully saturated rings. The van der Waals surface area contributed by atoms with E-state index in [4.69, 9.17) is 9.47 Å². The first kappa shape index (κ1) is 16.3. The van der Waals surface area contributed by atoms with E-state index in [1.807, 2.05) is 38.1 Å². The van der Waals surface area contributed by atoms with E-state index in [0.29, 0.717) is 26.4 Å². The Bertz CT molecular complexity index is 396. The molecule has 0 atom stereocenters. The van der Waals surface area contributed by atoms with Crippen molar-refractivity contribution in [3.05, 3.63) is 24.3 Å². The van der Waals surface area contributed by atoms with E-state index in [0.717, 1.165) is 17.9 Å². The van der Waals surface area contributed by atoms with Crippen molar-refractivity contribution in [2.45, 2.75) is 20.3 Å². The Balaban J connectivity index is 2.33. The summed E-state index contributed by atoms with van der Waals surface area (Å²) in [4.78, 5) is 11.5. The zero-order valence-electron chi connectivity index (χ0n) is 12.3. The smallest absolute Gasteiger partial charge is 0.239 e. The first-order chi connectivity index (χ1) is 9.76. The average molecular weight is 280 g/mol. The summed E-state index contributed by atoms with van der Waals surface area (Å²) in [6.07, 6.45) is 0.939. The van der Waals surface area contributed by atoms with Crippen molar-refractivity contribution in [1.29, 1.82) is 0 Å². The molecule has 0 aliphatic rings. The van der Waals surface area contributed by atoms with Crippen molar-refractivity contribution in [3.8, 4) is 5.75 Å². The van der Waals surface area contributed by atoms with Crippen molar-refractivity contribution >= 4 is 11.6 Å². The minimum absolute atomic E-state index is 0.00508. The molecule has 0 aromatic heterocycles. The Kier molecular flexibility index (Phi) is 8.22. The van der Waals surface area contributed by atoms with E-state index < -0.39 is 0 Å². The number of amides is 1. The first-order valence-corrected chi connectivity index (χ1v) is 7.07. The summed E-state index contributed by atoms with van der Waals surface area (Å²) in [7, 11) is 0. The molecule has 0 aliphatic heterocycles. The van der Waals surface area contributed by atoms with Gasteiger partial charge in [0.25, 0.3) is 0 Å². The van der Waals surface area contributed by atoms with Crippen molar-refractivity contribution in [2.24, 2.45) is 0 Å². The van der Waals surface area contributed by atoms with Crippen LogP contribution in [0.2, 0.25) is 0 Å². The number of anilines is 1. The molecular weight excluding hydrogens is 256 g/mol. The second kappa shape index (κ2) is 10.1. The third-order valence-electron chi connectivity index (χ3n) is 2.56. The molecule has 1 aromatic rings. The van der Waals surface area contributed by atoms with Crippen LogP contribution in [0.4, 0.5) is 5.69 Å². The highest BCUT2D eigenvalue weighted by Gasteiger charge is 2.01. The Labute approximate surface area is 120 Å². The molecule has 112 valence electrons. The normalized spacial score (nSPS) is 10.1. The lowest BCUT2D eigenvalue weighted by Crippen LogP contribution is -2.30. The third kappa shape index (κ3) is 6.99. The second-order valence-corrected chi connectivity index (χ2v) is 4.28. The summed E-state index contributed by atoms with van der Waals surface area (Å²) in [6.45, 7) is 6.74. The van der Waals surface area contributed by atoms with E-state index >= 15 is 0 Å². The van der Waals surface area contributed by atoms with Gasteiger partial charge in [-0.05, 0) is 25.5 Å². The lowest BCUT2D eigenvalue weighted by molar-refractivity contribution is -0.119. The molecule has 0 heterocycles. The minimum Gasteiger partial charge on any atom is -0.491 e. The van der Waals surface area contributed by atoms with Crippen LogP contribution >= 0.6 is 0 Å². The number of ether oxygens (including phenoxy) is 2. The van der Waals surface area contributed by atoms with Crippen LogP contribution in [0.25, 0.3) is 0 Å². The van der Waals surface area contributed by atoms with Crippen LogP contribution in [-0.2, 0) is 9.53 Å². The highest BCUT2D eigenvalue weighted by Crippen LogP contribution is 2.16. The van der Waals surface area contributed by atoms with Gasteiger partial charge in [-0.3, -0.25) is 4.79 Å². The monoisotopic (exact) mass is 280 g/mol. The standard InChI is InChI=1S/C15H24N2O3/c1-3-8-16-15(18)12-17-13-6-5-7-14(11-13)20-10-9-19-4-2/h5-7,11,17H,3-4,8-10,12H2,1-2H3,(H,16,18). The second-order valence-electron chi connectivity index (χ2n) is 4.28. The lowest BCUT2D eigenvalue weighted by Gasteiger charge is -2.10. The van der Waals surface area contributed by atoms with Gasteiger partial charge in [0.2, 0.25) is 5.91 Å². The van der Waals surface area contributed by atoms with E-state index in [-0.39, 0.29) is 12.5 Å². The Hall–Kier alpha value is -1.75. The fourth-order valence-corrected chi connectivity index (χ4v) is 1.57. The van der Waals surface area contributed by atoms with Crippen molar-refractivity contribution in [3.63, 3.8) is 0 Å². The van der Waals surface area contributed by atoms with Crippen LogP contribution in [-0.4, -0.2) is 38.8 Å². The molecular formula is C15H24N2O3. The van der Waals surface area contributed by atoms with Gasteiger partial charge in [0.05, 0.1) is 13.2 Å². The van der Waals surface area contributed by atoms with Crippen LogP contribution in [0.1, 0.15) is 20.3 Å². The Morgan fingerprint density at radius 3 is 2.85 bits per heavy atom. The summed E-state index contributed by atoms with van der Waals surface area (Å²) < 4.78 is 10.8. The number of rotatable bonds is 10. The fraction of sp³-hybridized carbons (Fsp3) is 0.533. The van der Waals surface area contributed by atoms with Gasteiger partial charge in [-0.2, -0.15) is 0 Å². The highest BCUT2D eigenvalue weighted by atomic mass is 16.5. The maximum atomic E-state index is 11.5. The van der Waals surface area contributed by atoms with E-state index in [1.54, 1.807) is 0 Å². The number of benzene rings is 1. The lowest BCUT2D eigenvalue weighted by atomic mass is 10.3. The van der Waals surface area contributed by atoms with Gasteiger partial charge in [0, 0.05) is 24.9 Å². The molecule has 0 bridgehead atoms. The zero-order chi connectivity index (χ0) is 14.6. The highest BCUT2D eigenvalue weighted by molar-refractivity contribution is 5.80. The van der Waals surface area contributed by atoms with Crippen molar-refractivity contribution in [1.82, 2.24) is 5.32 Å². The molecule has 0 radical (unpaired) electrons. The molecule has 0 saturated heterocycles. The molecule has 5 heteroatoms. The molecule has 0 saturated carbocycles. The summed E-state index contributed by atoms with van der Waals surface area (Å²) in [5.74, 6) is 0.762. The summed E-state index contributed by atoms with van der Waals surface area (Å²) in [5, 5.41) is 5.89. The maximum Gasteiger partial charge on any atom is 0.239 e. The summed E-state index contributed by atoms with van der Waals surface area (Å²) in [5.41, 5.74) is 0.866. The molecule has 1 rings (SSSR count). The van der Waals surface area contributed by atoms with E-state index in [9.17, 15) is 4.79 Å². The number of carbonyl (C=O) groups excluding carboxylic acids is 1. The maximum absolute atomic E-state index is 11.5. The van der Waals surface area contributed by atoms with Gasteiger partial charge >= 0.3 is 0 Å². The van der Waals surface area contributed by atoms with Crippen molar-refractivity contribution in [2.75, 3.05) is 38.2 Å². The van der Waals surface area contributed by atoms with Crippen LogP contribution in [0, 0.1) is 0 Å². The molecule has 2 N–H and O–H groups in total. The van der Waals surface area contributed by atoms with E-state index in [2.05, 4.69) is 10.6 Å². The van der Waals surface area contributed by atoms with Gasteiger partial charge in [0.15, 0.2) is 0 Å². The Morgan fingerprint density at radius 2 is 2.10 bits per heavy atom. The largest absolute Gasteiger partial charge is 0.491 e. The molecule has 20 heavy (non-hydrogen) atoms. The topological polar surface area (TPSA) is 59.6 Å². The average Bonchev–Trinajstić information content (AvgIpc) is 2.48. The summed E-state index contributed by atoms with van der Waals surface area (Å²) >= 11 is 0. The first-order valence-electron chi connectivity index (χ1n) is 7.07. The molecule has 0 unspecified atom stereocenters. The summed E-state index contributed by atoms with van der Waals surface area (Å²) in [6, 6.07) is 7.55. The number of carbonyl (C=O) groups is 1. The van der Waals surface area contributed by atoms with Gasteiger partial charge in [0.1, 0.15) is 12.4 Å². The van der Waals surface area contributed by atoms with Crippen LogP contribution < -0.4 is 15.4 Å². The number of hydrogen-bond donors (Lipinski definition) is 2. The quantitative estimate of drug-likeness (QED) is 0.644. The molecule has 0 aliphatic carbocycles. The molecule has 5 nitrogen and oxygen atoms in total. The van der Waals surface area contributed by atoms with Gasteiger partial charge in [-0.25, -0.2) is 0 Å². The number of nitrogens with one attached hydrogen (secondary N) is 2. The fourth-order valence-electron chi connectivity index (χ4n) is 1.57. The van der Waals surface area contributed by atoms with Gasteiger partial charge in [-0.15, -0.1) is 0 Å². The third-order valence-corrected chi connectivity index (χ3v) is 2.56. The minimum atomic E-state index is -0.00508. The van der Waals surface area contributed by atoms with Crippen LogP contribution in [0.5, 0.6) is 5.75 Å². The Morgan fingerprint density at radius 1 is 1.25 bits per heavy atom. The molecule has 1 amide bonds. The zero-order valence-corrected chi connectivity index (χ0v) is 12.3. The van der Waals surface area contributed by atoms with Gasteiger partial charge < -0.3 is 20.1 Å². The van der Waals surface area contributed by atoms with Crippen LogP contribution in [0.3, 0.4) is 0 Å². The SMILES string of the molecule is CCCNC(=O)CNc1cccc(OCCOCC)c1. The number of hydrogen-bond acceptors (Lipinski definition) is 4. The van der Waals surface area contributed by atoms with Crippen molar-refractivity contribution < 1.29 is 14.3 Å². The van der Waals surface area contributed by atoms with Gasteiger partial charge in [-0.1, -0.05) is 13.0 Å².